The second-order valence-corrected chi connectivity index (χ2v) is 17.2. The summed E-state index contributed by atoms with van der Waals surface area (Å²) in [5.41, 5.74) is 20.6. The van der Waals surface area contributed by atoms with Crippen LogP contribution in [0.3, 0.4) is 0 Å². The Bertz CT molecular complexity index is 3530. The van der Waals surface area contributed by atoms with Crippen LogP contribution in [-0.4, -0.2) is 0 Å². The molecule has 0 spiro atoms. The van der Waals surface area contributed by atoms with Gasteiger partial charge in [0, 0.05) is 22.2 Å². The van der Waals surface area contributed by atoms with Crippen LogP contribution in [0.15, 0.2) is 249 Å². The molecule has 0 amide bonds. The van der Waals surface area contributed by atoms with Gasteiger partial charge in [0.2, 0.25) is 0 Å². The number of rotatable bonds is 7. The number of hydrogen-bond donors (Lipinski definition) is 0. The summed E-state index contributed by atoms with van der Waals surface area (Å²) in [5, 5.41) is 4.94. The Kier molecular flexibility index (Phi) is 8.20. The first kappa shape index (κ1) is 36.4. The van der Waals surface area contributed by atoms with Gasteiger partial charge < -0.3 is 4.90 Å². The van der Waals surface area contributed by atoms with E-state index in [0.717, 1.165) is 11.4 Å². The van der Waals surface area contributed by atoms with Crippen molar-refractivity contribution in [2.75, 3.05) is 4.90 Å². The topological polar surface area (TPSA) is 3.24 Å². The van der Waals surface area contributed by atoms with Gasteiger partial charge in [-0.2, -0.15) is 0 Å². The van der Waals surface area contributed by atoms with Crippen LogP contribution in [0.5, 0.6) is 0 Å². The van der Waals surface area contributed by atoms with Crippen LogP contribution in [0.25, 0.3) is 77.2 Å². The average Bonchev–Trinajstić information content (AvgIpc) is 3.68. The zero-order chi connectivity index (χ0) is 42.2. The molecule has 0 unspecified atom stereocenters. The van der Waals surface area contributed by atoms with E-state index in [0.29, 0.717) is 0 Å². The Morgan fingerprint density at radius 1 is 0.297 bits per heavy atom. The maximum Gasteiger partial charge on any atom is 0.0714 e. The quantitative estimate of drug-likeness (QED) is 0.155. The SMILES string of the molecule is c1ccc(-c2ccc(N(c3cccc4c3-c3ccccc3C4(c3ccccc3)c3ccccc3)c3c4c(cc5ccccc35)-c3cc5ccc(-c6ccccc6)cc5cc3-4)cc2)cc1. The number of anilines is 3. The van der Waals surface area contributed by atoms with Crippen LogP contribution >= 0.6 is 0 Å². The number of benzene rings is 11. The summed E-state index contributed by atoms with van der Waals surface area (Å²) < 4.78 is 0. The van der Waals surface area contributed by atoms with Crippen LogP contribution in [0.4, 0.5) is 17.1 Å². The van der Waals surface area contributed by atoms with Crippen molar-refractivity contribution in [3.05, 3.63) is 271 Å². The van der Waals surface area contributed by atoms with E-state index in [9.17, 15) is 0 Å². The third kappa shape index (κ3) is 5.38. The lowest BCUT2D eigenvalue weighted by Gasteiger charge is -2.37. The van der Waals surface area contributed by atoms with E-state index in [1.165, 1.54) is 105 Å². The van der Waals surface area contributed by atoms with Crippen molar-refractivity contribution in [2.24, 2.45) is 0 Å². The number of hydrogen-bond acceptors (Lipinski definition) is 1. The molecule has 0 heterocycles. The summed E-state index contributed by atoms with van der Waals surface area (Å²) >= 11 is 0. The van der Waals surface area contributed by atoms with Crippen LogP contribution in [0.2, 0.25) is 0 Å². The highest BCUT2D eigenvalue weighted by molar-refractivity contribution is 6.21. The third-order valence-corrected chi connectivity index (χ3v) is 13.8. The van der Waals surface area contributed by atoms with Gasteiger partial charge in [-0.3, -0.25) is 0 Å². The summed E-state index contributed by atoms with van der Waals surface area (Å²) in [6.45, 7) is 0. The van der Waals surface area contributed by atoms with E-state index in [4.69, 9.17) is 0 Å². The third-order valence-electron chi connectivity index (χ3n) is 13.8. The fourth-order valence-electron chi connectivity index (χ4n) is 11.0. The Hall–Kier alpha value is -8.26. The molecule has 13 rings (SSSR count). The van der Waals surface area contributed by atoms with E-state index in [1.807, 2.05) is 0 Å². The van der Waals surface area contributed by atoms with Crippen LogP contribution in [0.1, 0.15) is 22.3 Å². The van der Waals surface area contributed by atoms with Gasteiger partial charge >= 0.3 is 0 Å². The predicted molar refractivity (Wildman–Crippen MR) is 269 cm³/mol. The van der Waals surface area contributed by atoms with E-state index in [2.05, 4.69) is 254 Å². The first-order valence-electron chi connectivity index (χ1n) is 22.3. The Balaban J connectivity index is 1.11. The molecule has 0 saturated heterocycles. The predicted octanol–water partition coefficient (Wildman–Crippen LogP) is 16.8. The van der Waals surface area contributed by atoms with E-state index >= 15 is 0 Å². The molecule has 2 aliphatic carbocycles. The van der Waals surface area contributed by atoms with Gasteiger partial charge in [0.1, 0.15) is 0 Å². The molecule has 11 aromatic carbocycles. The highest BCUT2D eigenvalue weighted by Gasteiger charge is 2.47. The molecule has 0 atom stereocenters. The lowest BCUT2D eigenvalue weighted by atomic mass is 9.67. The molecule has 64 heavy (non-hydrogen) atoms. The molecular weight excluding hydrogens is 771 g/mol. The van der Waals surface area contributed by atoms with Crippen molar-refractivity contribution in [2.45, 2.75) is 5.41 Å². The molecule has 0 saturated carbocycles. The molecule has 1 heteroatoms. The normalized spacial score (nSPS) is 12.8. The first-order chi connectivity index (χ1) is 31.8. The van der Waals surface area contributed by atoms with E-state index in [1.54, 1.807) is 0 Å². The van der Waals surface area contributed by atoms with Crippen molar-refractivity contribution >= 4 is 38.6 Å². The summed E-state index contributed by atoms with van der Waals surface area (Å²) in [6.07, 6.45) is 0. The minimum absolute atomic E-state index is 0.529. The van der Waals surface area contributed by atoms with Gasteiger partial charge in [-0.25, -0.2) is 0 Å². The molecule has 0 aliphatic heterocycles. The summed E-state index contributed by atoms with van der Waals surface area (Å²) in [7, 11) is 0. The second kappa shape index (κ2) is 14.4. The highest BCUT2D eigenvalue weighted by atomic mass is 15.2. The first-order valence-corrected chi connectivity index (χ1v) is 22.3. The molecular formula is C63H41N. The highest BCUT2D eigenvalue weighted by Crippen LogP contribution is 2.62. The Morgan fingerprint density at radius 2 is 0.844 bits per heavy atom. The molecule has 0 aromatic heterocycles. The molecule has 0 N–H and O–H groups in total. The molecule has 0 radical (unpaired) electrons. The molecule has 2 aliphatic rings. The van der Waals surface area contributed by atoms with Gasteiger partial charge in [-0.15, -0.1) is 0 Å². The zero-order valence-corrected chi connectivity index (χ0v) is 35.1. The maximum atomic E-state index is 2.59. The van der Waals surface area contributed by atoms with E-state index < -0.39 is 5.41 Å². The van der Waals surface area contributed by atoms with Crippen molar-refractivity contribution < 1.29 is 0 Å². The van der Waals surface area contributed by atoms with Crippen LogP contribution < -0.4 is 4.90 Å². The van der Waals surface area contributed by atoms with Gasteiger partial charge in [0.15, 0.2) is 0 Å². The van der Waals surface area contributed by atoms with E-state index in [-0.39, 0.29) is 0 Å². The lowest BCUT2D eigenvalue weighted by Crippen LogP contribution is -2.28. The van der Waals surface area contributed by atoms with Crippen molar-refractivity contribution in [3.63, 3.8) is 0 Å². The van der Waals surface area contributed by atoms with Crippen LogP contribution in [-0.2, 0) is 5.41 Å². The van der Waals surface area contributed by atoms with Gasteiger partial charge in [-0.05, 0) is 125 Å². The summed E-state index contributed by atoms with van der Waals surface area (Å²) in [4.78, 5) is 2.59. The molecule has 1 nitrogen and oxygen atoms in total. The molecule has 0 bridgehead atoms. The summed E-state index contributed by atoms with van der Waals surface area (Å²) in [5.74, 6) is 0. The number of fused-ring (bicyclic) bond motifs is 9. The van der Waals surface area contributed by atoms with Crippen molar-refractivity contribution in [3.8, 4) is 55.6 Å². The fourth-order valence-corrected chi connectivity index (χ4v) is 11.0. The van der Waals surface area contributed by atoms with Gasteiger partial charge in [0.05, 0.1) is 16.8 Å². The van der Waals surface area contributed by atoms with Crippen molar-refractivity contribution in [1.29, 1.82) is 0 Å². The van der Waals surface area contributed by atoms with Gasteiger partial charge in [0.25, 0.3) is 0 Å². The van der Waals surface area contributed by atoms with Crippen LogP contribution in [0, 0.1) is 0 Å². The molecule has 11 aromatic rings. The largest absolute Gasteiger partial charge is 0.309 e. The lowest BCUT2D eigenvalue weighted by molar-refractivity contribution is 0.768. The Labute approximate surface area is 373 Å². The maximum absolute atomic E-state index is 2.59. The average molecular weight is 812 g/mol. The van der Waals surface area contributed by atoms with Crippen molar-refractivity contribution in [1.82, 2.24) is 0 Å². The molecule has 298 valence electrons. The minimum atomic E-state index is -0.529. The smallest absolute Gasteiger partial charge is 0.0714 e. The molecule has 0 fully saturated rings. The second-order valence-electron chi connectivity index (χ2n) is 17.2. The minimum Gasteiger partial charge on any atom is -0.309 e. The summed E-state index contributed by atoms with van der Waals surface area (Å²) in [6, 6.07) is 92.1. The standard InChI is InChI=1S/C63H41N/c1-5-18-42(19-6-1)44-34-36-51(37-35-44)64(59-31-17-30-58-61(59)53-28-15-16-29-57(53)63(58,49-23-9-3-10-24-49)50-25-11-4-12-26-50)62-52-27-14-13-22-47(52)40-55-54-39-46-33-32-45(43-20-7-2-8-21-43)38-48(46)41-56(54)60(55)62/h1-41H. The fraction of sp³-hybridized carbons (Fsp3) is 0.0159. The number of nitrogens with zero attached hydrogens (tertiary/aromatic N) is 1. The zero-order valence-electron chi connectivity index (χ0n) is 35.1. The van der Waals surface area contributed by atoms with Gasteiger partial charge in [-0.1, -0.05) is 206 Å². The Morgan fingerprint density at radius 3 is 1.56 bits per heavy atom. The monoisotopic (exact) mass is 811 g/mol.